The topological polar surface area (TPSA) is 52.0 Å². The Kier molecular flexibility index (Phi) is 5.43. The highest BCUT2D eigenvalue weighted by atomic mass is 35.5. The molecule has 0 amide bonds. The van der Waals surface area contributed by atoms with Crippen molar-refractivity contribution in [3.05, 3.63) is 29.8 Å². The highest BCUT2D eigenvalue weighted by Crippen LogP contribution is 2.38. The molecule has 0 aromatic heterocycles. The maximum atomic E-state index is 6.30. The number of benzene rings is 1. The van der Waals surface area contributed by atoms with Crippen LogP contribution in [0.3, 0.4) is 0 Å². The lowest BCUT2D eigenvalue weighted by molar-refractivity contribution is 0.463. The number of hydrogen-bond donors (Lipinski definition) is 2. The predicted octanol–water partition coefficient (Wildman–Crippen LogP) is 2.84. The highest BCUT2D eigenvalue weighted by Gasteiger charge is 2.32. The van der Waals surface area contributed by atoms with Crippen LogP contribution in [-0.2, 0) is 5.54 Å². The molecule has 1 aromatic carbocycles. The van der Waals surface area contributed by atoms with Gasteiger partial charge in [0.25, 0.3) is 0 Å². The third-order valence-corrected chi connectivity index (χ3v) is 2.99. The van der Waals surface area contributed by atoms with E-state index in [1.807, 2.05) is 18.2 Å². The first-order chi connectivity index (χ1) is 6.22. The van der Waals surface area contributed by atoms with Gasteiger partial charge in [-0.15, -0.1) is 24.8 Å². The van der Waals surface area contributed by atoms with Crippen LogP contribution in [-0.4, -0.2) is 0 Å². The molecule has 2 rings (SSSR count). The van der Waals surface area contributed by atoms with E-state index in [9.17, 15) is 0 Å². The molecule has 1 aliphatic rings. The number of para-hydroxylation sites is 1. The molecule has 1 fully saturated rings. The summed E-state index contributed by atoms with van der Waals surface area (Å²) in [5.41, 5.74) is 14.0. The van der Waals surface area contributed by atoms with Crippen LogP contribution >= 0.6 is 24.8 Å². The monoisotopic (exact) mass is 248 g/mol. The molecular formula is C11H18Cl2N2. The molecule has 1 aromatic rings. The van der Waals surface area contributed by atoms with Gasteiger partial charge in [0.15, 0.2) is 0 Å². The van der Waals surface area contributed by atoms with Gasteiger partial charge in [-0.2, -0.15) is 0 Å². The summed E-state index contributed by atoms with van der Waals surface area (Å²) in [4.78, 5) is 0. The van der Waals surface area contributed by atoms with E-state index in [2.05, 4.69) is 6.07 Å². The summed E-state index contributed by atoms with van der Waals surface area (Å²) in [5.74, 6) is 0. The van der Waals surface area contributed by atoms with Gasteiger partial charge in [0.2, 0.25) is 0 Å². The van der Waals surface area contributed by atoms with Crippen LogP contribution in [0.25, 0.3) is 0 Å². The molecule has 4 N–H and O–H groups in total. The Morgan fingerprint density at radius 1 is 1.00 bits per heavy atom. The first kappa shape index (κ1) is 14.6. The van der Waals surface area contributed by atoms with E-state index in [1.54, 1.807) is 0 Å². The lowest BCUT2D eigenvalue weighted by Gasteiger charge is -2.25. The molecule has 4 heteroatoms. The van der Waals surface area contributed by atoms with Gasteiger partial charge in [-0.25, -0.2) is 0 Å². The summed E-state index contributed by atoms with van der Waals surface area (Å²) in [6.07, 6.45) is 4.60. The van der Waals surface area contributed by atoms with E-state index in [4.69, 9.17) is 11.5 Å². The molecule has 0 saturated heterocycles. The number of rotatable bonds is 1. The minimum absolute atomic E-state index is 0. The third kappa shape index (κ3) is 2.77. The van der Waals surface area contributed by atoms with Gasteiger partial charge < -0.3 is 11.5 Å². The summed E-state index contributed by atoms with van der Waals surface area (Å²) < 4.78 is 0. The second kappa shape index (κ2) is 5.59. The largest absolute Gasteiger partial charge is 0.398 e. The van der Waals surface area contributed by atoms with E-state index in [0.717, 1.165) is 24.1 Å². The molecule has 0 aliphatic heterocycles. The second-order valence-corrected chi connectivity index (χ2v) is 3.95. The fourth-order valence-corrected chi connectivity index (χ4v) is 2.23. The van der Waals surface area contributed by atoms with Crippen molar-refractivity contribution in [1.29, 1.82) is 0 Å². The van der Waals surface area contributed by atoms with Gasteiger partial charge in [0, 0.05) is 11.2 Å². The van der Waals surface area contributed by atoms with Gasteiger partial charge >= 0.3 is 0 Å². The molecule has 1 saturated carbocycles. The van der Waals surface area contributed by atoms with Crippen molar-refractivity contribution < 1.29 is 0 Å². The van der Waals surface area contributed by atoms with Crippen LogP contribution in [0.15, 0.2) is 24.3 Å². The molecule has 0 spiro atoms. The van der Waals surface area contributed by atoms with Crippen LogP contribution in [0.2, 0.25) is 0 Å². The molecular weight excluding hydrogens is 231 g/mol. The Labute approximate surface area is 103 Å². The fraction of sp³-hybridized carbons (Fsp3) is 0.455. The van der Waals surface area contributed by atoms with Crippen molar-refractivity contribution in [3.8, 4) is 0 Å². The van der Waals surface area contributed by atoms with E-state index in [-0.39, 0.29) is 30.4 Å². The predicted molar refractivity (Wildman–Crippen MR) is 69.7 cm³/mol. The van der Waals surface area contributed by atoms with Crippen LogP contribution in [0.1, 0.15) is 31.2 Å². The highest BCUT2D eigenvalue weighted by molar-refractivity contribution is 5.85. The van der Waals surface area contributed by atoms with Crippen LogP contribution in [0.5, 0.6) is 0 Å². The number of nitrogen functional groups attached to an aromatic ring is 1. The van der Waals surface area contributed by atoms with Crippen molar-refractivity contribution in [2.45, 2.75) is 31.2 Å². The summed E-state index contributed by atoms with van der Waals surface area (Å²) in [7, 11) is 0. The fourth-order valence-electron chi connectivity index (χ4n) is 2.23. The van der Waals surface area contributed by atoms with Crippen LogP contribution in [0.4, 0.5) is 5.69 Å². The summed E-state index contributed by atoms with van der Waals surface area (Å²) >= 11 is 0. The van der Waals surface area contributed by atoms with E-state index < -0.39 is 0 Å². The van der Waals surface area contributed by atoms with Gasteiger partial charge in [-0.3, -0.25) is 0 Å². The molecule has 15 heavy (non-hydrogen) atoms. The molecule has 86 valence electrons. The average molecular weight is 249 g/mol. The molecule has 2 nitrogen and oxygen atoms in total. The first-order valence-corrected chi connectivity index (χ1v) is 4.86. The summed E-state index contributed by atoms with van der Waals surface area (Å²) in [6, 6.07) is 7.96. The lowest BCUT2D eigenvalue weighted by atomic mass is 9.88. The average Bonchev–Trinajstić information content (AvgIpc) is 2.54. The molecule has 0 unspecified atom stereocenters. The van der Waals surface area contributed by atoms with Crippen molar-refractivity contribution in [2.75, 3.05) is 5.73 Å². The zero-order valence-corrected chi connectivity index (χ0v) is 10.2. The third-order valence-electron chi connectivity index (χ3n) is 2.99. The smallest absolute Gasteiger partial charge is 0.0430 e. The molecule has 0 radical (unpaired) electrons. The lowest BCUT2D eigenvalue weighted by Crippen LogP contribution is -2.33. The number of halogens is 2. The van der Waals surface area contributed by atoms with E-state index in [0.29, 0.717) is 0 Å². The minimum atomic E-state index is -0.147. The summed E-state index contributed by atoms with van der Waals surface area (Å²) in [5, 5.41) is 0. The molecule has 1 aliphatic carbocycles. The van der Waals surface area contributed by atoms with Gasteiger partial charge in [0.05, 0.1) is 0 Å². The van der Waals surface area contributed by atoms with Crippen LogP contribution in [0, 0.1) is 0 Å². The van der Waals surface area contributed by atoms with Gasteiger partial charge in [-0.1, -0.05) is 31.0 Å². The number of hydrogen-bond acceptors (Lipinski definition) is 2. The quantitative estimate of drug-likeness (QED) is 0.752. The summed E-state index contributed by atoms with van der Waals surface area (Å²) in [6.45, 7) is 0. The van der Waals surface area contributed by atoms with Gasteiger partial charge in [0.1, 0.15) is 0 Å². The Balaban J connectivity index is 0.000000980. The molecule has 0 atom stereocenters. The van der Waals surface area contributed by atoms with Crippen molar-refractivity contribution >= 4 is 30.5 Å². The Hall–Kier alpha value is -0.440. The minimum Gasteiger partial charge on any atom is -0.398 e. The van der Waals surface area contributed by atoms with Crippen molar-refractivity contribution in [2.24, 2.45) is 5.73 Å². The van der Waals surface area contributed by atoms with Gasteiger partial charge in [-0.05, 0) is 24.5 Å². The zero-order chi connectivity index (χ0) is 9.31. The molecule has 0 heterocycles. The Morgan fingerprint density at radius 3 is 2.07 bits per heavy atom. The molecule has 0 bridgehead atoms. The normalized spacial score (nSPS) is 17.7. The Morgan fingerprint density at radius 2 is 1.53 bits per heavy atom. The van der Waals surface area contributed by atoms with Crippen LogP contribution < -0.4 is 11.5 Å². The standard InChI is InChI=1S/C11H16N2.2ClH/c12-10-6-2-1-5-9(10)11(13)7-3-4-8-11;;/h1-2,5-6H,3-4,7-8,12-13H2;2*1H. The second-order valence-electron chi connectivity index (χ2n) is 3.95. The maximum absolute atomic E-state index is 6.30. The Bertz CT molecular complexity index is 309. The SMILES string of the molecule is Cl.Cl.Nc1ccccc1C1(N)CCCC1. The van der Waals surface area contributed by atoms with Crippen molar-refractivity contribution in [1.82, 2.24) is 0 Å². The van der Waals surface area contributed by atoms with E-state index in [1.165, 1.54) is 12.8 Å². The number of nitrogens with two attached hydrogens (primary N) is 2. The first-order valence-electron chi connectivity index (χ1n) is 4.86. The van der Waals surface area contributed by atoms with E-state index >= 15 is 0 Å². The van der Waals surface area contributed by atoms with Crippen molar-refractivity contribution in [3.63, 3.8) is 0 Å². The maximum Gasteiger partial charge on any atom is 0.0430 e. The zero-order valence-electron chi connectivity index (χ0n) is 8.61. The number of anilines is 1.